The first-order valence-corrected chi connectivity index (χ1v) is 6.96. The molecule has 5 heteroatoms. The van der Waals surface area contributed by atoms with Crippen molar-refractivity contribution in [2.24, 2.45) is 0 Å². The monoisotopic (exact) mass is 279 g/mol. The molecule has 0 atom stereocenters. The van der Waals surface area contributed by atoms with E-state index in [0.29, 0.717) is 23.9 Å². The van der Waals surface area contributed by atoms with Crippen molar-refractivity contribution in [3.8, 4) is 0 Å². The lowest BCUT2D eigenvalue weighted by molar-refractivity contribution is 0.0527. The van der Waals surface area contributed by atoms with Gasteiger partial charge in [0.1, 0.15) is 0 Å². The molecule has 0 saturated carbocycles. The van der Waals surface area contributed by atoms with E-state index >= 15 is 0 Å². The van der Waals surface area contributed by atoms with Crippen LogP contribution < -0.4 is 11.1 Å². The van der Waals surface area contributed by atoms with Gasteiger partial charge in [0, 0.05) is 30.5 Å². The molecule has 0 aliphatic carbocycles. The summed E-state index contributed by atoms with van der Waals surface area (Å²) >= 11 is 0. The van der Waals surface area contributed by atoms with Crippen LogP contribution in [0.4, 0.5) is 11.4 Å². The van der Waals surface area contributed by atoms with E-state index in [-0.39, 0.29) is 5.97 Å². The van der Waals surface area contributed by atoms with Gasteiger partial charge in [0.05, 0.1) is 12.2 Å². The summed E-state index contributed by atoms with van der Waals surface area (Å²) in [4.78, 5) is 14.1. The van der Waals surface area contributed by atoms with Crippen LogP contribution in [-0.2, 0) is 4.74 Å². The zero-order valence-corrected chi connectivity index (χ0v) is 12.8. The number of carbonyl (C=O) groups is 1. The third-order valence-corrected chi connectivity index (χ3v) is 3.20. The first-order chi connectivity index (χ1) is 9.45. The smallest absolute Gasteiger partial charge is 0.340 e. The number of ether oxygens (including phenoxy) is 1. The average molecular weight is 279 g/mol. The van der Waals surface area contributed by atoms with Crippen molar-refractivity contribution >= 4 is 17.3 Å². The molecule has 20 heavy (non-hydrogen) atoms. The predicted octanol–water partition coefficient (Wildman–Crippen LogP) is 2.20. The normalized spacial score (nSPS) is 10.9. The summed E-state index contributed by atoms with van der Waals surface area (Å²) in [6, 6.07) is 5.73. The zero-order valence-electron chi connectivity index (χ0n) is 12.8. The maximum atomic E-state index is 11.9. The van der Waals surface area contributed by atoms with Gasteiger partial charge in [0.2, 0.25) is 0 Å². The summed E-state index contributed by atoms with van der Waals surface area (Å²) in [6.07, 6.45) is 0. The number of carbonyl (C=O) groups excluding carboxylic acids is 1. The summed E-state index contributed by atoms with van der Waals surface area (Å²) in [6.45, 7) is 8.08. The largest absolute Gasteiger partial charge is 0.462 e. The molecule has 0 aliphatic heterocycles. The molecule has 0 amide bonds. The lowest BCUT2D eigenvalue weighted by atomic mass is 10.1. The molecule has 0 heterocycles. The number of nitrogens with one attached hydrogen (secondary N) is 1. The molecule has 1 aromatic carbocycles. The second-order valence-electron chi connectivity index (χ2n) is 5.03. The molecule has 0 unspecified atom stereocenters. The zero-order chi connectivity index (χ0) is 15.1. The molecule has 0 bridgehead atoms. The number of hydrogen-bond donors (Lipinski definition) is 2. The van der Waals surface area contributed by atoms with Crippen molar-refractivity contribution in [2.45, 2.75) is 26.8 Å². The molecular weight excluding hydrogens is 254 g/mol. The Morgan fingerprint density at radius 3 is 2.75 bits per heavy atom. The molecule has 5 nitrogen and oxygen atoms in total. The van der Waals surface area contributed by atoms with Crippen LogP contribution in [0.3, 0.4) is 0 Å². The van der Waals surface area contributed by atoms with Crippen LogP contribution in [0.5, 0.6) is 0 Å². The van der Waals surface area contributed by atoms with Crippen LogP contribution in [0.2, 0.25) is 0 Å². The fraction of sp³-hybridized carbons (Fsp3) is 0.533. The minimum Gasteiger partial charge on any atom is -0.462 e. The standard InChI is InChI=1S/C15H25N3O2/c1-5-20-15(19)13-10-12(16)6-7-14(13)17-8-9-18(4)11(2)3/h6-7,10-11,17H,5,8-9,16H2,1-4H3. The highest BCUT2D eigenvalue weighted by molar-refractivity contribution is 5.96. The quantitative estimate of drug-likeness (QED) is 0.591. The van der Waals surface area contributed by atoms with Gasteiger partial charge in [0.15, 0.2) is 0 Å². The Hall–Kier alpha value is -1.75. The third-order valence-electron chi connectivity index (χ3n) is 3.20. The number of likely N-dealkylation sites (N-methyl/N-ethyl adjacent to an activating group) is 1. The Kier molecular flexibility index (Phi) is 6.31. The summed E-state index contributed by atoms with van der Waals surface area (Å²) in [5.41, 5.74) is 7.53. The van der Waals surface area contributed by atoms with Gasteiger partial charge in [-0.3, -0.25) is 0 Å². The minimum absolute atomic E-state index is 0.348. The van der Waals surface area contributed by atoms with Crippen LogP contribution in [0.1, 0.15) is 31.1 Å². The molecule has 3 N–H and O–H groups in total. The molecule has 0 radical (unpaired) electrons. The van der Waals surface area contributed by atoms with Crippen LogP contribution >= 0.6 is 0 Å². The highest BCUT2D eigenvalue weighted by Crippen LogP contribution is 2.20. The van der Waals surface area contributed by atoms with Gasteiger partial charge in [-0.05, 0) is 46.0 Å². The Bertz CT molecular complexity index is 447. The number of benzene rings is 1. The van der Waals surface area contributed by atoms with Crippen molar-refractivity contribution in [1.29, 1.82) is 0 Å². The lowest BCUT2D eigenvalue weighted by Crippen LogP contribution is -2.31. The van der Waals surface area contributed by atoms with Crippen molar-refractivity contribution in [3.05, 3.63) is 23.8 Å². The molecule has 0 spiro atoms. The second kappa shape index (κ2) is 7.75. The van der Waals surface area contributed by atoms with Gasteiger partial charge in [-0.25, -0.2) is 4.79 Å². The van der Waals surface area contributed by atoms with Crippen molar-refractivity contribution in [3.63, 3.8) is 0 Å². The van der Waals surface area contributed by atoms with E-state index in [2.05, 4.69) is 31.1 Å². The van der Waals surface area contributed by atoms with Crippen molar-refractivity contribution in [1.82, 2.24) is 4.90 Å². The van der Waals surface area contributed by atoms with E-state index < -0.39 is 0 Å². The predicted molar refractivity (Wildman–Crippen MR) is 83.1 cm³/mol. The number of rotatable bonds is 7. The molecule has 0 fully saturated rings. The molecule has 112 valence electrons. The van der Waals surface area contributed by atoms with Crippen LogP contribution in [-0.4, -0.2) is 43.7 Å². The Morgan fingerprint density at radius 1 is 1.45 bits per heavy atom. The van der Waals surface area contributed by atoms with Gasteiger partial charge in [-0.2, -0.15) is 0 Å². The van der Waals surface area contributed by atoms with Gasteiger partial charge in [-0.1, -0.05) is 0 Å². The Labute approximate surface area is 121 Å². The maximum absolute atomic E-state index is 11.9. The Balaban J connectivity index is 2.71. The van der Waals surface area contributed by atoms with E-state index in [1.807, 2.05) is 6.07 Å². The molecule has 1 rings (SSSR count). The first-order valence-electron chi connectivity index (χ1n) is 6.96. The molecular formula is C15H25N3O2. The highest BCUT2D eigenvalue weighted by atomic mass is 16.5. The van der Waals surface area contributed by atoms with Crippen molar-refractivity contribution in [2.75, 3.05) is 37.8 Å². The van der Waals surface area contributed by atoms with E-state index in [1.165, 1.54) is 0 Å². The number of nitrogen functional groups attached to an aromatic ring is 1. The number of nitrogens with two attached hydrogens (primary N) is 1. The summed E-state index contributed by atoms with van der Waals surface area (Å²) in [5.74, 6) is -0.348. The lowest BCUT2D eigenvalue weighted by Gasteiger charge is -2.21. The first kappa shape index (κ1) is 16.3. The van der Waals surface area contributed by atoms with Gasteiger partial charge >= 0.3 is 5.97 Å². The molecule has 1 aromatic rings. The van der Waals surface area contributed by atoms with Gasteiger partial charge in [0.25, 0.3) is 0 Å². The number of nitrogens with zero attached hydrogens (tertiary/aromatic N) is 1. The molecule has 0 aromatic heterocycles. The van der Waals surface area contributed by atoms with Crippen LogP contribution in [0.15, 0.2) is 18.2 Å². The fourth-order valence-corrected chi connectivity index (χ4v) is 1.72. The average Bonchev–Trinajstić information content (AvgIpc) is 2.40. The van der Waals surface area contributed by atoms with Gasteiger partial charge < -0.3 is 20.7 Å². The molecule has 0 saturated heterocycles. The summed E-state index contributed by atoms with van der Waals surface area (Å²) < 4.78 is 5.04. The summed E-state index contributed by atoms with van der Waals surface area (Å²) in [7, 11) is 2.07. The second-order valence-corrected chi connectivity index (χ2v) is 5.03. The van der Waals surface area contributed by atoms with E-state index in [9.17, 15) is 4.79 Å². The topological polar surface area (TPSA) is 67.6 Å². The van der Waals surface area contributed by atoms with E-state index in [4.69, 9.17) is 10.5 Å². The van der Waals surface area contributed by atoms with Gasteiger partial charge in [-0.15, -0.1) is 0 Å². The highest BCUT2D eigenvalue weighted by Gasteiger charge is 2.13. The van der Waals surface area contributed by atoms with Crippen LogP contribution in [0.25, 0.3) is 0 Å². The number of anilines is 2. The van der Waals surface area contributed by atoms with Crippen molar-refractivity contribution < 1.29 is 9.53 Å². The fourth-order valence-electron chi connectivity index (χ4n) is 1.72. The maximum Gasteiger partial charge on any atom is 0.340 e. The van der Waals surface area contributed by atoms with E-state index in [1.54, 1.807) is 19.1 Å². The molecule has 0 aliphatic rings. The van der Waals surface area contributed by atoms with E-state index in [0.717, 1.165) is 18.8 Å². The Morgan fingerprint density at radius 2 is 2.15 bits per heavy atom. The third kappa shape index (κ3) is 4.74. The van der Waals surface area contributed by atoms with Crippen LogP contribution in [0, 0.1) is 0 Å². The minimum atomic E-state index is -0.348. The number of hydrogen-bond acceptors (Lipinski definition) is 5. The summed E-state index contributed by atoms with van der Waals surface area (Å²) in [5, 5.41) is 3.27. The number of esters is 1. The SMILES string of the molecule is CCOC(=O)c1cc(N)ccc1NCCN(C)C(C)C.